The maximum Gasteiger partial charge on any atom is 0.303 e. The third kappa shape index (κ3) is 4.57. The lowest BCUT2D eigenvalue weighted by Gasteiger charge is -2.11. The van der Waals surface area contributed by atoms with Gasteiger partial charge in [-0.05, 0) is 31.9 Å². The van der Waals surface area contributed by atoms with Gasteiger partial charge in [-0.1, -0.05) is 24.1 Å². The lowest BCUT2D eigenvalue weighted by molar-refractivity contribution is -0.137. The highest BCUT2D eigenvalue weighted by molar-refractivity contribution is 5.94. The van der Waals surface area contributed by atoms with Crippen molar-refractivity contribution in [2.24, 2.45) is 5.92 Å². The Morgan fingerprint density at radius 3 is 2.28 bits per heavy atom. The van der Waals surface area contributed by atoms with Gasteiger partial charge < -0.3 is 10.4 Å². The predicted octanol–water partition coefficient (Wildman–Crippen LogP) is 2.14. The first-order valence-electron chi connectivity index (χ1n) is 5.96. The summed E-state index contributed by atoms with van der Waals surface area (Å²) in [4.78, 5) is 22.4. The minimum Gasteiger partial charge on any atom is -0.481 e. The van der Waals surface area contributed by atoms with Crippen LogP contribution in [0.4, 0.5) is 0 Å². The largest absolute Gasteiger partial charge is 0.481 e. The molecule has 4 nitrogen and oxygen atoms in total. The Hall–Kier alpha value is -1.84. The van der Waals surface area contributed by atoms with Crippen molar-refractivity contribution in [2.75, 3.05) is 6.54 Å². The first-order chi connectivity index (χ1) is 8.38. The van der Waals surface area contributed by atoms with Crippen molar-refractivity contribution in [3.63, 3.8) is 0 Å². The topological polar surface area (TPSA) is 66.4 Å². The molecule has 1 aromatic carbocycles. The van der Waals surface area contributed by atoms with Gasteiger partial charge in [0.05, 0.1) is 0 Å². The lowest BCUT2D eigenvalue weighted by Crippen LogP contribution is -2.29. The van der Waals surface area contributed by atoms with Crippen LogP contribution in [-0.2, 0) is 4.79 Å². The van der Waals surface area contributed by atoms with E-state index in [-0.39, 0.29) is 18.2 Å². The standard InChI is InChI=1S/C14H19NO3/c1-9-4-10(2)6-12(5-9)14(18)15-8-11(3)7-13(16)17/h4-6,11H,7-8H2,1-3H3,(H,15,18)(H,16,17). The van der Waals surface area contributed by atoms with Gasteiger partial charge in [-0.2, -0.15) is 0 Å². The molecule has 0 saturated heterocycles. The quantitative estimate of drug-likeness (QED) is 0.840. The summed E-state index contributed by atoms with van der Waals surface area (Å²) in [6.07, 6.45) is 0.0626. The molecule has 0 aliphatic rings. The zero-order chi connectivity index (χ0) is 13.7. The number of amides is 1. The van der Waals surface area contributed by atoms with Gasteiger partial charge in [0.25, 0.3) is 5.91 Å². The molecule has 1 aromatic rings. The molecular weight excluding hydrogens is 230 g/mol. The molecule has 1 rings (SSSR count). The number of carboxylic acids is 1. The van der Waals surface area contributed by atoms with E-state index < -0.39 is 5.97 Å². The van der Waals surface area contributed by atoms with Crippen LogP contribution in [0.15, 0.2) is 18.2 Å². The Labute approximate surface area is 107 Å². The zero-order valence-corrected chi connectivity index (χ0v) is 11.0. The molecule has 1 unspecified atom stereocenters. The molecule has 98 valence electrons. The number of carbonyl (C=O) groups excluding carboxylic acids is 1. The number of carbonyl (C=O) groups is 2. The number of aryl methyl sites for hydroxylation is 2. The fraction of sp³-hybridized carbons (Fsp3) is 0.429. The van der Waals surface area contributed by atoms with E-state index >= 15 is 0 Å². The van der Waals surface area contributed by atoms with Gasteiger partial charge in [0, 0.05) is 18.5 Å². The van der Waals surface area contributed by atoms with Crippen LogP contribution in [0, 0.1) is 19.8 Å². The van der Waals surface area contributed by atoms with E-state index in [1.807, 2.05) is 32.0 Å². The van der Waals surface area contributed by atoms with Gasteiger partial charge in [0.15, 0.2) is 0 Å². The second-order valence-electron chi connectivity index (χ2n) is 4.79. The summed E-state index contributed by atoms with van der Waals surface area (Å²) in [5.74, 6) is -1.07. The summed E-state index contributed by atoms with van der Waals surface area (Å²) in [6, 6.07) is 5.65. The van der Waals surface area contributed by atoms with E-state index in [4.69, 9.17) is 5.11 Å². The highest BCUT2D eigenvalue weighted by Crippen LogP contribution is 2.09. The van der Waals surface area contributed by atoms with Crippen molar-refractivity contribution in [2.45, 2.75) is 27.2 Å². The number of nitrogens with one attached hydrogen (secondary N) is 1. The summed E-state index contributed by atoms with van der Waals surface area (Å²) < 4.78 is 0. The lowest BCUT2D eigenvalue weighted by atomic mass is 10.1. The third-order valence-electron chi connectivity index (χ3n) is 2.62. The normalized spacial score (nSPS) is 11.9. The van der Waals surface area contributed by atoms with Crippen LogP contribution in [-0.4, -0.2) is 23.5 Å². The Morgan fingerprint density at radius 2 is 1.78 bits per heavy atom. The van der Waals surface area contributed by atoms with Gasteiger partial charge in [-0.3, -0.25) is 9.59 Å². The average molecular weight is 249 g/mol. The number of carboxylic acid groups (broad SMARTS) is 1. The van der Waals surface area contributed by atoms with Crippen LogP contribution in [0.2, 0.25) is 0 Å². The second kappa shape index (κ2) is 6.19. The summed E-state index contributed by atoms with van der Waals surface area (Å²) in [6.45, 7) is 6.06. The van der Waals surface area contributed by atoms with Crippen LogP contribution < -0.4 is 5.32 Å². The molecule has 0 heterocycles. The van der Waals surface area contributed by atoms with E-state index in [0.29, 0.717) is 12.1 Å². The van der Waals surface area contributed by atoms with E-state index in [0.717, 1.165) is 11.1 Å². The Morgan fingerprint density at radius 1 is 1.22 bits per heavy atom. The first-order valence-corrected chi connectivity index (χ1v) is 5.96. The fourth-order valence-electron chi connectivity index (χ4n) is 1.85. The number of hydrogen-bond donors (Lipinski definition) is 2. The van der Waals surface area contributed by atoms with Crippen molar-refractivity contribution in [3.8, 4) is 0 Å². The number of hydrogen-bond acceptors (Lipinski definition) is 2. The number of rotatable bonds is 5. The molecule has 0 bridgehead atoms. The minimum absolute atomic E-state index is 0.0626. The van der Waals surface area contributed by atoms with Crippen molar-refractivity contribution >= 4 is 11.9 Å². The van der Waals surface area contributed by atoms with Gasteiger partial charge >= 0.3 is 5.97 Å². The van der Waals surface area contributed by atoms with Crippen LogP contribution in [0.1, 0.15) is 34.8 Å². The van der Waals surface area contributed by atoms with Crippen LogP contribution in [0.3, 0.4) is 0 Å². The predicted molar refractivity (Wildman–Crippen MR) is 69.7 cm³/mol. The second-order valence-corrected chi connectivity index (χ2v) is 4.79. The molecule has 0 radical (unpaired) electrons. The maximum absolute atomic E-state index is 11.9. The molecule has 1 amide bonds. The third-order valence-corrected chi connectivity index (χ3v) is 2.62. The molecule has 0 aromatic heterocycles. The number of benzene rings is 1. The molecule has 18 heavy (non-hydrogen) atoms. The molecule has 0 spiro atoms. The SMILES string of the molecule is Cc1cc(C)cc(C(=O)NCC(C)CC(=O)O)c1. The van der Waals surface area contributed by atoms with Crippen LogP contribution in [0.25, 0.3) is 0 Å². The van der Waals surface area contributed by atoms with E-state index in [9.17, 15) is 9.59 Å². The Kier molecular flexibility index (Phi) is 4.89. The summed E-state index contributed by atoms with van der Waals surface area (Å²) >= 11 is 0. The van der Waals surface area contributed by atoms with Gasteiger partial charge in [0.2, 0.25) is 0 Å². The Bertz CT molecular complexity index is 434. The summed E-state index contributed by atoms with van der Waals surface area (Å²) in [5.41, 5.74) is 2.70. The fourth-order valence-corrected chi connectivity index (χ4v) is 1.85. The zero-order valence-electron chi connectivity index (χ0n) is 11.0. The summed E-state index contributed by atoms with van der Waals surface area (Å²) in [5, 5.41) is 11.4. The maximum atomic E-state index is 11.9. The molecule has 0 saturated carbocycles. The highest BCUT2D eigenvalue weighted by Gasteiger charge is 2.11. The van der Waals surface area contributed by atoms with Gasteiger partial charge in [0.1, 0.15) is 0 Å². The molecule has 0 aliphatic carbocycles. The molecule has 4 heteroatoms. The highest BCUT2D eigenvalue weighted by atomic mass is 16.4. The molecule has 1 atom stereocenters. The molecular formula is C14H19NO3. The van der Waals surface area contributed by atoms with Gasteiger partial charge in [-0.25, -0.2) is 0 Å². The Balaban J connectivity index is 2.57. The molecule has 2 N–H and O–H groups in total. The molecule has 0 fully saturated rings. The van der Waals surface area contributed by atoms with Gasteiger partial charge in [-0.15, -0.1) is 0 Å². The van der Waals surface area contributed by atoms with Crippen molar-refractivity contribution in [3.05, 3.63) is 34.9 Å². The first kappa shape index (κ1) is 14.2. The van der Waals surface area contributed by atoms with Crippen molar-refractivity contribution < 1.29 is 14.7 Å². The van der Waals surface area contributed by atoms with E-state index in [1.165, 1.54) is 0 Å². The van der Waals surface area contributed by atoms with E-state index in [2.05, 4.69) is 5.32 Å². The van der Waals surface area contributed by atoms with Crippen molar-refractivity contribution in [1.29, 1.82) is 0 Å². The smallest absolute Gasteiger partial charge is 0.303 e. The summed E-state index contributed by atoms with van der Waals surface area (Å²) in [7, 11) is 0. The molecule has 0 aliphatic heterocycles. The minimum atomic E-state index is -0.844. The average Bonchev–Trinajstić information content (AvgIpc) is 2.23. The monoisotopic (exact) mass is 249 g/mol. The van der Waals surface area contributed by atoms with Crippen LogP contribution in [0.5, 0.6) is 0 Å². The van der Waals surface area contributed by atoms with Crippen molar-refractivity contribution in [1.82, 2.24) is 5.32 Å². The van der Waals surface area contributed by atoms with Crippen LogP contribution >= 0.6 is 0 Å². The number of aliphatic carboxylic acids is 1. The van der Waals surface area contributed by atoms with E-state index in [1.54, 1.807) is 6.92 Å².